The molecule has 2 amide bonds. The van der Waals surface area contributed by atoms with Gasteiger partial charge in [0.2, 0.25) is 5.91 Å². The van der Waals surface area contributed by atoms with Crippen molar-refractivity contribution < 1.29 is 9.59 Å². The summed E-state index contributed by atoms with van der Waals surface area (Å²) in [6, 6.07) is 5.39. The Kier molecular flexibility index (Phi) is 5.97. The van der Waals surface area contributed by atoms with Crippen LogP contribution in [0.2, 0.25) is 0 Å². The summed E-state index contributed by atoms with van der Waals surface area (Å²) < 4.78 is 0. The molecule has 4 heteroatoms. The fraction of sp³-hybridized carbons (Fsp3) is 0.474. The van der Waals surface area contributed by atoms with Gasteiger partial charge >= 0.3 is 0 Å². The Balaban J connectivity index is 1.94. The maximum atomic E-state index is 12.1. The molecule has 2 rings (SSSR count). The van der Waals surface area contributed by atoms with E-state index in [1.165, 1.54) is 0 Å². The number of rotatable bonds is 6. The van der Waals surface area contributed by atoms with E-state index in [-0.39, 0.29) is 11.8 Å². The zero-order chi connectivity index (χ0) is 16.8. The monoisotopic (exact) mass is 314 g/mol. The SMILES string of the molecule is Cc1cc(C(=O)NCC(C)C)ccc1NC(=O)C[C@@H]1C=CCC1. The average Bonchev–Trinajstić information content (AvgIpc) is 2.99. The number of allylic oxidation sites excluding steroid dienone is 2. The molecular weight excluding hydrogens is 288 g/mol. The summed E-state index contributed by atoms with van der Waals surface area (Å²) >= 11 is 0. The molecule has 4 nitrogen and oxygen atoms in total. The van der Waals surface area contributed by atoms with Gasteiger partial charge in [-0.05, 0) is 55.4 Å². The lowest BCUT2D eigenvalue weighted by atomic mass is 10.0. The van der Waals surface area contributed by atoms with E-state index in [1.807, 2.05) is 19.1 Å². The van der Waals surface area contributed by atoms with E-state index in [1.54, 1.807) is 6.07 Å². The lowest BCUT2D eigenvalue weighted by molar-refractivity contribution is -0.116. The fourth-order valence-electron chi connectivity index (χ4n) is 2.65. The summed E-state index contributed by atoms with van der Waals surface area (Å²) in [4.78, 5) is 24.2. The number of benzene rings is 1. The van der Waals surface area contributed by atoms with Crippen molar-refractivity contribution in [2.45, 2.75) is 40.0 Å². The van der Waals surface area contributed by atoms with Crippen LogP contribution >= 0.6 is 0 Å². The van der Waals surface area contributed by atoms with Gasteiger partial charge in [0.1, 0.15) is 0 Å². The number of carbonyl (C=O) groups excluding carboxylic acids is 2. The first-order valence-electron chi connectivity index (χ1n) is 8.31. The summed E-state index contributed by atoms with van der Waals surface area (Å²) in [6.45, 7) is 6.68. The van der Waals surface area contributed by atoms with Crippen molar-refractivity contribution in [2.24, 2.45) is 11.8 Å². The molecule has 1 aliphatic carbocycles. The molecular formula is C19H26N2O2. The van der Waals surface area contributed by atoms with E-state index in [0.717, 1.165) is 24.1 Å². The van der Waals surface area contributed by atoms with Crippen LogP contribution in [0.1, 0.15) is 49.0 Å². The van der Waals surface area contributed by atoms with Crippen LogP contribution in [-0.2, 0) is 4.79 Å². The second-order valence-corrected chi connectivity index (χ2v) is 6.65. The van der Waals surface area contributed by atoms with Gasteiger partial charge in [0.05, 0.1) is 0 Å². The van der Waals surface area contributed by atoms with Gasteiger partial charge in [0, 0.05) is 24.2 Å². The fourth-order valence-corrected chi connectivity index (χ4v) is 2.65. The summed E-state index contributed by atoms with van der Waals surface area (Å²) in [5.74, 6) is 0.733. The van der Waals surface area contributed by atoms with Gasteiger partial charge in [-0.2, -0.15) is 0 Å². The molecule has 23 heavy (non-hydrogen) atoms. The smallest absolute Gasteiger partial charge is 0.251 e. The molecule has 0 aromatic heterocycles. The number of carbonyl (C=O) groups is 2. The Morgan fingerprint density at radius 2 is 2.09 bits per heavy atom. The van der Waals surface area contributed by atoms with Crippen LogP contribution in [-0.4, -0.2) is 18.4 Å². The molecule has 0 aliphatic heterocycles. The zero-order valence-corrected chi connectivity index (χ0v) is 14.2. The maximum absolute atomic E-state index is 12.1. The number of nitrogens with one attached hydrogen (secondary N) is 2. The summed E-state index contributed by atoms with van der Waals surface area (Å²) in [7, 11) is 0. The van der Waals surface area contributed by atoms with E-state index in [9.17, 15) is 9.59 Å². The first kappa shape index (κ1) is 17.3. The van der Waals surface area contributed by atoms with Crippen molar-refractivity contribution in [2.75, 3.05) is 11.9 Å². The molecule has 1 aromatic rings. The third-order valence-corrected chi connectivity index (χ3v) is 3.99. The predicted octanol–water partition coefficient (Wildman–Crippen LogP) is 3.68. The Labute approximate surface area is 138 Å². The Morgan fingerprint density at radius 3 is 2.70 bits per heavy atom. The molecule has 1 atom stereocenters. The first-order valence-corrected chi connectivity index (χ1v) is 8.31. The third-order valence-electron chi connectivity index (χ3n) is 3.99. The number of hydrogen-bond acceptors (Lipinski definition) is 2. The van der Waals surface area contributed by atoms with Crippen LogP contribution in [0.15, 0.2) is 30.4 Å². The molecule has 0 bridgehead atoms. The van der Waals surface area contributed by atoms with E-state index in [0.29, 0.717) is 30.4 Å². The molecule has 0 unspecified atom stereocenters. The molecule has 0 saturated heterocycles. The average molecular weight is 314 g/mol. The maximum Gasteiger partial charge on any atom is 0.251 e. The minimum atomic E-state index is -0.0734. The van der Waals surface area contributed by atoms with Gasteiger partial charge in [-0.25, -0.2) is 0 Å². The Hall–Kier alpha value is -2.10. The lowest BCUT2D eigenvalue weighted by Gasteiger charge is -2.13. The number of amides is 2. The summed E-state index contributed by atoms with van der Waals surface area (Å²) in [5.41, 5.74) is 2.30. The standard InChI is InChI=1S/C19H26N2O2/c1-13(2)12-20-19(23)16-8-9-17(14(3)10-16)21-18(22)11-15-6-4-5-7-15/h4,6,8-10,13,15H,5,7,11-12H2,1-3H3,(H,20,23)(H,21,22)/t15-/m1/s1. The van der Waals surface area contributed by atoms with Crippen LogP contribution in [0.25, 0.3) is 0 Å². The molecule has 0 spiro atoms. The van der Waals surface area contributed by atoms with Crippen molar-refractivity contribution in [1.82, 2.24) is 5.32 Å². The van der Waals surface area contributed by atoms with Crippen LogP contribution in [0.4, 0.5) is 5.69 Å². The van der Waals surface area contributed by atoms with Gasteiger partial charge < -0.3 is 10.6 Å². The highest BCUT2D eigenvalue weighted by molar-refractivity contribution is 5.96. The Bertz CT molecular complexity index is 605. The topological polar surface area (TPSA) is 58.2 Å². The van der Waals surface area contributed by atoms with Gasteiger partial charge in [-0.3, -0.25) is 9.59 Å². The van der Waals surface area contributed by atoms with E-state index in [2.05, 4.69) is 36.6 Å². The van der Waals surface area contributed by atoms with Crippen molar-refractivity contribution >= 4 is 17.5 Å². The minimum absolute atomic E-state index is 0.0293. The number of aryl methyl sites for hydroxylation is 1. The van der Waals surface area contributed by atoms with Crippen LogP contribution in [0, 0.1) is 18.8 Å². The normalized spacial score (nSPS) is 16.6. The zero-order valence-electron chi connectivity index (χ0n) is 14.2. The predicted molar refractivity (Wildman–Crippen MR) is 93.5 cm³/mol. The van der Waals surface area contributed by atoms with Crippen molar-refractivity contribution in [3.8, 4) is 0 Å². The van der Waals surface area contributed by atoms with Crippen LogP contribution < -0.4 is 10.6 Å². The Morgan fingerprint density at radius 1 is 1.30 bits per heavy atom. The largest absolute Gasteiger partial charge is 0.352 e. The summed E-state index contributed by atoms with van der Waals surface area (Å²) in [6.07, 6.45) is 6.90. The second kappa shape index (κ2) is 7.95. The first-order chi connectivity index (χ1) is 11.0. The van der Waals surface area contributed by atoms with Crippen LogP contribution in [0.5, 0.6) is 0 Å². The molecule has 0 saturated carbocycles. The van der Waals surface area contributed by atoms with Gasteiger partial charge in [0.15, 0.2) is 0 Å². The molecule has 1 aromatic carbocycles. The molecule has 2 N–H and O–H groups in total. The van der Waals surface area contributed by atoms with E-state index < -0.39 is 0 Å². The van der Waals surface area contributed by atoms with Gasteiger partial charge in [-0.1, -0.05) is 26.0 Å². The lowest BCUT2D eigenvalue weighted by Crippen LogP contribution is -2.27. The van der Waals surface area contributed by atoms with Crippen LogP contribution in [0.3, 0.4) is 0 Å². The van der Waals surface area contributed by atoms with Crippen molar-refractivity contribution in [1.29, 1.82) is 0 Å². The minimum Gasteiger partial charge on any atom is -0.352 e. The number of anilines is 1. The molecule has 1 aliphatic rings. The molecule has 124 valence electrons. The number of hydrogen-bond donors (Lipinski definition) is 2. The van der Waals surface area contributed by atoms with E-state index >= 15 is 0 Å². The molecule has 0 radical (unpaired) electrons. The second-order valence-electron chi connectivity index (χ2n) is 6.65. The van der Waals surface area contributed by atoms with Crippen molar-refractivity contribution in [3.63, 3.8) is 0 Å². The highest BCUT2D eigenvalue weighted by atomic mass is 16.2. The highest BCUT2D eigenvalue weighted by Crippen LogP contribution is 2.22. The highest BCUT2D eigenvalue weighted by Gasteiger charge is 2.15. The van der Waals surface area contributed by atoms with E-state index in [4.69, 9.17) is 0 Å². The molecule has 0 fully saturated rings. The quantitative estimate of drug-likeness (QED) is 0.787. The summed E-state index contributed by atoms with van der Waals surface area (Å²) in [5, 5.41) is 5.85. The van der Waals surface area contributed by atoms with Gasteiger partial charge in [0.25, 0.3) is 5.91 Å². The van der Waals surface area contributed by atoms with Crippen molar-refractivity contribution in [3.05, 3.63) is 41.5 Å². The van der Waals surface area contributed by atoms with Gasteiger partial charge in [-0.15, -0.1) is 0 Å². The molecule has 0 heterocycles. The third kappa shape index (κ3) is 5.23.